The van der Waals surface area contributed by atoms with Crippen molar-refractivity contribution in [1.29, 1.82) is 5.26 Å². The summed E-state index contributed by atoms with van der Waals surface area (Å²) in [5.41, 5.74) is 0.839. The van der Waals surface area contributed by atoms with Crippen LogP contribution in [0.2, 0.25) is 0 Å². The number of carbonyl (C=O) groups excluding carboxylic acids is 1. The van der Waals surface area contributed by atoms with Gasteiger partial charge in [-0.3, -0.25) is 4.79 Å². The maximum absolute atomic E-state index is 12.0. The van der Waals surface area contributed by atoms with Crippen molar-refractivity contribution in [3.05, 3.63) is 18.6 Å². The number of hydrogen-bond donors (Lipinski definition) is 1. The highest BCUT2D eigenvalue weighted by molar-refractivity contribution is 5.87. The van der Waals surface area contributed by atoms with E-state index in [1.54, 1.807) is 6.33 Å². The van der Waals surface area contributed by atoms with Crippen LogP contribution in [0, 0.1) is 11.3 Å². The van der Waals surface area contributed by atoms with Crippen LogP contribution in [0.1, 0.15) is 25.7 Å². The molecule has 1 aliphatic rings. The van der Waals surface area contributed by atoms with Gasteiger partial charge in [-0.15, -0.1) is 0 Å². The van der Waals surface area contributed by atoms with E-state index in [0.29, 0.717) is 18.9 Å². The number of amides is 1. The van der Waals surface area contributed by atoms with Crippen LogP contribution in [0.4, 0.5) is 5.82 Å². The zero-order valence-corrected chi connectivity index (χ0v) is 13.2. The number of nitriles is 1. The van der Waals surface area contributed by atoms with Crippen molar-refractivity contribution in [3.8, 4) is 6.07 Å². The third kappa shape index (κ3) is 3.11. The lowest BCUT2D eigenvalue weighted by Gasteiger charge is -2.37. The fourth-order valence-corrected chi connectivity index (χ4v) is 3.14. The van der Waals surface area contributed by atoms with E-state index < -0.39 is 0 Å². The molecule has 0 radical (unpaired) electrons. The average Bonchev–Trinajstić information content (AvgIpc) is 3.08. The Balaban J connectivity index is 1.65. The number of anilines is 1. The van der Waals surface area contributed by atoms with Crippen molar-refractivity contribution in [3.63, 3.8) is 0 Å². The summed E-state index contributed by atoms with van der Waals surface area (Å²) in [4.78, 5) is 27.8. The standard InChI is InChI=1S/C16H20N6O/c1-21(16-13-4-8-18-15(13)19-11-20-16)12-5-9-22(10-6-12)14(23)3-2-7-17/h4,8,11-12H,2-3,5-6,9-10H2,1H3,(H,18,19,20). The number of nitrogens with zero attached hydrogens (tertiary/aromatic N) is 5. The number of aromatic amines is 1. The molecule has 0 aliphatic carbocycles. The fourth-order valence-electron chi connectivity index (χ4n) is 3.14. The molecule has 2 aromatic rings. The molecule has 7 nitrogen and oxygen atoms in total. The van der Waals surface area contributed by atoms with Crippen LogP contribution in [0.3, 0.4) is 0 Å². The lowest BCUT2D eigenvalue weighted by molar-refractivity contribution is -0.132. The van der Waals surface area contributed by atoms with Gasteiger partial charge in [0.05, 0.1) is 11.5 Å². The van der Waals surface area contributed by atoms with E-state index in [2.05, 4.69) is 19.9 Å². The molecule has 23 heavy (non-hydrogen) atoms. The van der Waals surface area contributed by atoms with E-state index in [0.717, 1.165) is 42.8 Å². The van der Waals surface area contributed by atoms with Gasteiger partial charge in [-0.05, 0) is 18.9 Å². The van der Waals surface area contributed by atoms with Gasteiger partial charge < -0.3 is 14.8 Å². The molecule has 0 atom stereocenters. The summed E-state index contributed by atoms with van der Waals surface area (Å²) in [6.45, 7) is 1.47. The van der Waals surface area contributed by atoms with Crippen LogP contribution in [0.15, 0.2) is 18.6 Å². The van der Waals surface area contributed by atoms with E-state index in [9.17, 15) is 4.79 Å². The molecule has 0 aromatic carbocycles. The van der Waals surface area contributed by atoms with Gasteiger partial charge in [0.25, 0.3) is 0 Å². The first-order chi connectivity index (χ1) is 11.2. The van der Waals surface area contributed by atoms with Gasteiger partial charge in [0.1, 0.15) is 17.8 Å². The van der Waals surface area contributed by atoms with Gasteiger partial charge in [-0.2, -0.15) is 5.26 Å². The smallest absolute Gasteiger partial charge is 0.223 e. The Hall–Kier alpha value is -2.62. The predicted octanol–water partition coefficient (Wildman–Crippen LogP) is 1.69. The Kier molecular flexibility index (Phi) is 4.42. The lowest BCUT2D eigenvalue weighted by atomic mass is 10.0. The first kappa shape index (κ1) is 15.3. The van der Waals surface area contributed by atoms with Crippen molar-refractivity contribution in [2.24, 2.45) is 0 Å². The topological polar surface area (TPSA) is 88.9 Å². The molecule has 0 spiro atoms. The van der Waals surface area contributed by atoms with Crippen LogP contribution in [-0.2, 0) is 4.79 Å². The van der Waals surface area contributed by atoms with Gasteiger partial charge in [0.2, 0.25) is 5.91 Å². The van der Waals surface area contributed by atoms with Gasteiger partial charge in [0.15, 0.2) is 0 Å². The second-order valence-corrected chi connectivity index (χ2v) is 5.82. The minimum Gasteiger partial charge on any atom is -0.356 e. The Labute approximate surface area is 134 Å². The van der Waals surface area contributed by atoms with E-state index in [4.69, 9.17) is 5.26 Å². The summed E-state index contributed by atoms with van der Waals surface area (Å²) < 4.78 is 0. The van der Waals surface area contributed by atoms with Gasteiger partial charge in [-0.25, -0.2) is 9.97 Å². The van der Waals surface area contributed by atoms with Gasteiger partial charge in [0, 0.05) is 45.2 Å². The predicted molar refractivity (Wildman–Crippen MR) is 86.7 cm³/mol. The van der Waals surface area contributed by atoms with E-state index in [-0.39, 0.29) is 5.91 Å². The third-order valence-corrected chi connectivity index (χ3v) is 4.48. The van der Waals surface area contributed by atoms with Crippen LogP contribution in [0.25, 0.3) is 11.0 Å². The summed E-state index contributed by atoms with van der Waals surface area (Å²) in [6.07, 6.45) is 5.88. The number of H-pyrrole nitrogens is 1. The highest BCUT2D eigenvalue weighted by Crippen LogP contribution is 2.26. The molecular formula is C16H20N6O. The molecule has 0 bridgehead atoms. The van der Waals surface area contributed by atoms with Crippen LogP contribution in [-0.4, -0.2) is 51.9 Å². The van der Waals surface area contributed by atoms with E-state index in [1.165, 1.54) is 0 Å². The van der Waals surface area contributed by atoms with Crippen molar-refractivity contribution in [2.75, 3.05) is 25.0 Å². The number of likely N-dealkylation sites (tertiary alicyclic amines) is 1. The first-order valence-corrected chi connectivity index (χ1v) is 7.86. The van der Waals surface area contributed by atoms with Crippen molar-refractivity contribution in [2.45, 2.75) is 31.7 Å². The lowest BCUT2D eigenvalue weighted by Crippen LogP contribution is -2.45. The molecule has 1 saturated heterocycles. The maximum atomic E-state index is 12.0. The van der Waals surface area contributed by atoms with Crippen molar-refractivity contribution < 1.29 is 4.79 Å². The first-order valence-electron chi connectivity index (χ1n) is 7.86. The summed E-state index contributed by atoms with van der Waals surface area (Å²) in [6, 6.07) is 4.37. The highest BCUT2D eigenvalue weighted by Gasteiger charge is 2.26. The Bertz CT molecular complexity index is 725. The number of rotatable bonds is 4. The highest BCUT2D eigenvalue weighted by atomic mass is 16.2. The molecule has 1 N–H and O–H groups in total. The van der Waals surface area contributed by atoms with Gasteiger partial charge >= 0.3 is 0 Å². The monoisotopic (exact) mass is 312 g/mol. The van der Waals surface area contributed by atoms with Crippen LogP contribution in [0.5, 0.6) is 0 Å². The minimum absolute atomic E-state index is 0.0858. The second-order valence-electron chi connectivity index (χ2n) is 5.82. The largest absolute Gasteiger partial charge is 0.356 e. The summed E-state index contributed by atoms with van der Waals surface area (Å²) in [7, 11) is 2.05. The summed E-state index contributed by atoms with van der Waals surface area (Å²) in [5.74, 6) is 1.01. The SMILES string of the molecule is CN(c1ncnc2[nH]ccc12)C1CCN(C(=O)CCC#N)CC1. The van der Waals surface area contributed by atoms with E-state index in [1.807, 2.05) is 30.3 Å². The Morgan fingerprint density at radius 2 is 2.26 bits per heavy atom. The Morgan fingerprint density at radius 3 is 3.00 bits per heavy atom. The summed E-state index contributed by atoms with van der Waals surface area (Å²) in [5, 5.41) is 9.60. The molecule has 1 aliphatic heterocycles. The number of piperidine rings is 1. The molecule has 0 saturated carbocycles. The normalized spacial score (nSPS) is 15.6. The maximum Gasteiger partial charge on any atom is 0.223 e. The second kappa shape index (κ2) is 6.65. The van der Waals surface area contributed by atoms with Crippen LogP contribution >= 0.6 is 0 Å². The molecule has 1 fully saturated rings. The number of nitrogens with one attached hydrogen (secondary N) is 1. The zero-order valence-electron chi connectivity index (χ0n) is 13.2. The minimum atomic E-state index is 0.0858. The number of aromatic nitrogens is 3. The summed E-state index contributed by atoms with van der Waals surface area (Å²) >= 11 is 0. The Morgan fingerprint density at radius 1 is 1.48 bits per heavy atom. The molecule has 1 amide bonds. The molecule has 7 heteroatoms. The average molecular weight is 312 g/mol. The van der Waals surface area contributed by atoms with Crippen molar-refractivity contribution in [1.82, 2.24) is 19.9 Å². The molecule has 0 unspecified atom stereocenters. The molecule has 3 heterocycles. The number of carbonyl (C=O) groups is 1. The van der Waals surface area contributed by atoms with Crippen LogP contribution < -0.4 is 4.90 Å². The molecule has 120 valence electrons. The fraction of sp³-hybridized carbons (Fsp3) is 0.500. The molecule has 3 rings (SSSR count). The quantitative estimate of drug-likeness (QED) is 0.928. The third-order valence-electron chi connectivity index (χ3n) is 4.48. The zero-order chi connectivity index (χ0) is 16.2. The number of hydrogen-bond acceptors (Lipinski definition) is 5. The van der Waals surface area contributed by atoms with E-state index >= 15 is 0 Å². The molecule has 2 aromatic heterocycles. The van der Waals surface area contributed by atoms with Gasteiger partial charge in [-0.1, -0.05) is 0 Å². The number of fused-ring (bicyclic) bond motifs is 1. The molecular weight excluding hydrogens is 292 g/mol. The van der Waals surface area contributed by atoms with Crippen molar-refractivity contribution >= 4 is 22.8 Å².